The van der Waals surface area contributed by atoms with Gasteiger partial charge in [-0.15, -0.1) is 0 Å². The van der Waals surface area contributed by atoms with Crippen LogP contribution in [0.25, 0.3) is 0 Å². The fourth-order valence-electron chi connectivity index (χ4n) is 2.88. The van der Waals surface area contributed by atoms with Gasteiger partial charge >= 0.3 is 0 Å². The molecule has 2 fully saturated rings. The lowest BCUT2D eigenvalue weighted by Crippen LogP contribution is -2.51. The number of piperazine rings is 1. The molecule has 1 N–H and O–H groups in total. The van der Waals surface area contributed by atoms with Gasteiger partial charge in [-0.25, -0.2) is 8.42 Å². The van der Waals surface area contributed by atoms with E-state index in [0.717, 1.165) is 25.9 Å². The Kier molecular flexibility index (Phi) is 4.71. The maximum absolute atomic E-state index is 12.5. The van der Waals surface area contributed by atoms with Crippen molar-refractivity contribution in [1.82, 2.24) is 14.5 Å². The fraction of sp³-hybridized carbons (Fsp3) is 0.923. The fourth-order valence-corrected chi connectivity index (χ4v) is 4.84. The molecule has 2 aliphatic rings. The largest absolute Gasteiger partial charge is 0.342 e. The van der Waals surface area contributed by atoms with Crippen molar-refractivity contribution in [3.05, 3.63) is 0 Å². The van der Waals surface area contributed by atoms with E-state index in [0.29, 0.717) is 26.2 Å². The first kappa shape index (κ1) is 15.7. The summed E-state index contributed by atoms with van der Waals surface area (Å²) in [4.78, 5) is 14.3. The van der Waals surface area contributed by atoms with Crippen molar-refractivity contribution in [1.29, 1.82) is 0 Å². The molecular weight excluding hydrogens is 278 g/mol. The monoisotopic (exact) mass is 303 g/mol. The van der Waals surface area contributed by atoms with Crippen LogP contribution in [0.5, 0.6) is 0 Å². The standard InChI is InChI=1S/C13H25N3O3S/c1-13(2,12(17)15-7-3-4-8-15)11-20(18,19)16-9-5-14-6-10-16/h14H,3-11H2,1-2H3. The summed E-state index contributed by atoms with van der Waals surface area (Å²) in [6.07, 6.45) is 2.04. The van der Waals surface area contributed by atoms with Crippen molar-refractivity contribution >= 4 is 15.9 Å². The van der Waals surface area contributed by atoms with Crippen molar-refractivity contribution in [2.24, 2.45) is 5.41 Å². The van der Waals surface area contributed by atoms with E-state index in [1.807, 2.05) is 0 Å². The molecule has 6 nitrogen and oxygen atoms in total. The Morgan fingerprint density at radius 2 is 1.65 bits per heavy atom. The van der Waals surface area contributed by atoms with E-state index in [9.17, 15) is 13.2 Å². The van der Waals surface area contributed by atoms with Crippen LogP contribution in [0.3, 0.4) is 0 Å². The summed E-state index contributed by atoms with van der Waals surface area (Å²) in [5.41, 5.74) is -0.853. The van der Waals surface area contributed by atoms with Gasteiger partial charge in [-0.2, -0.15) is 4.31 Å². The summed E-state index contributed by atoms with van der Waals surface area (Å²) >= 11 is 0. The van der Waals surface area contributed by atoms with Crippen LogP contribution in [0.1, 0.15) is 26.7 Å². The number of carbonyl (C=O) groups is 1. The van der Waals surface area contributed by atoms with Gasteiger partial charge in [0, 0.05) is 39.3 Å². The highest BCUT2D eigenvalue weighted by atomic mass is 32.2. The predicted molar refractivity (Wildman–Crippen MR) is 77.8 cm³/mol. The number of nitrogens with one attached hydrogen (secondary N) is 1. The van der Waals surface area contributed by atoms with E-state index >= 15 is 0 Å². The summed E-state index contributed by atoms with van der Waals surface area (Å²) in [5.74, 6) is -0.135. The Balaban J connectivity index is 2.03. The van der Waals surface area contributed by atoms with E-state index in [1.54, 1.807) is 18.7 Å². The molecule has 2 rings (SSSR count). The number of carbonyl (C=O) groups excluding carboxylic acids is 1. The summed E-state index contributed by atoms with van der Waals surface area (Å²) in [7, 11) is -3.37. The predicted octanol–water partition coefficient (Wildman–Crippen LogP) is -0.130. The zero-order chi connectivity index (χ0) is 14.8. The maximum Gasteiger partial charge on any atom is 0.229 e. The number of amides is 1. The van der Waals surface area contributed by atoms with Gasteiger partial charge in [0.05, 0.1) is 11.2 Å². The number of sulfonamides is 1. The van der Waals surface area contributed by atoms with E-state index in [4.69, 9.17) is 0 Å². The number of rotatable bonds is 4. The minimum absolute atomic E-state index is 0.0336. The maximum atomic E-state index is 12.5. The van der Waals surface area contributed by atoms with E-state index in [-0.39, 0.29) is 11.7 Å². The molecule has 2 heterocycles. The van der Waals surface area contributed by atoms with Crippen LogP contribution in [-0.2, 0) is 14.8 Å². The van der Waals surface area contributed by atoms with Gasteiger partial charge in [-0.1, -0.05) is 0 Å². The highest BCUT2D eigenvalue weighted by Crippen LogP contribution is 2.25. The molecule has 20 heavy (non-hydrogen) atoms. The third-order valence-corrected chi connectivity index (χ3v) is 6.22. The molecule has 0 aromatic rings. The van der Waals surface area contributed by atoms with Gasteiger partial charge in [0.25, 0.3) is 0 Å². The third-order valence-electron chi connectivity index (χ3n) is 3.98. The van der Waals surface area contributed by atoms with Crippen molar-refractivity contribution in [3.8, 4) is 0 Å². The lowest BCUT2D eigenvalue weighted by Gasteiger charge is -2.33. The molecule has 0 bridgehead atoms. The number of likely N-dealkylation sites (tertiary alicyclic amines) is 1. The Bertz CT molecular complexity index is 449. The molecule has 7 heteroatoms. The normalized spacial score (nSPS) is 22.2. The van der Waals surface area contributed by atoms with Gasteiger partial charge < -0.3 is 10.2 Å². The average molecular weight is 303 g/mol. The van der Waals surface area contributed by atoms with Crippen LogP contribution >= 0.6 is 0 Å². The Morgan fingerprint density at radius 3 is 2.20 bits per heavy atom. The molecule has 0 aromatic carbocycles. The average Bonchev–Trinajstić information content (AvgIpc) is 2.91. The highest BCUT2D eigenvalue weighted by Gasteiger charge is 2.39. The summed E-state index contributed by atoms with van der Waals surface area (Å²) in [6.45, 7) is 7.36. The molecule has 0 unspecified atom stereocenters. The topological polar surface area (TPSA) is 69.7 Å². The molecule has 0 aromatic heterocycles. The molecule has 0 aliphatic carbocycles. The highest BCUT2D eigenvalue weighted by molar-refractivity contribution is 7.89. The van der Waals surface area contributed by atoms with Crippen LogP contribution in [-0.4, -0.2) is 68.6 Å². The minimum atomic E-state index is -3.37. The second kappa shape index (κ2) is 5.99. The van der Waals surface area contributed by atoms with Crippen LogP contribution in [0.4, 0.5) is 0 Å². The van der Waals surface area contributed by atoms with E-state index < -0.39 is 15.4 Å². The zero-order valence-corrected chi connectivity index (χ0v) is 13.2. The zero-order valence-electron chi connectivity index (χ0n) is 12.4. The van der Waals surface area contributed by atoms with Crippen LogP contribution in [0.2, 0.25) is 0 Å². The third kappa shape index (κ3) is 3.51. The first-order valence-electron chi connectivity index (χ1n) is 7.31. The van der Waals surface area contributed by atoms with Gasteiger partial charge in [0.2, 0.25) is 15.9 Å². The lowest BCUT2D eigenvalue weighted by atomic mass is 9.94. The van der Waals surface area contributed by atoms with Gasteiger partial charge in [0.1, 0.15) is 0 Å². The quantitative estimate of drug-likeness (QED) is 0.785. The molecule has 0 atom stereocenters. The second-order valence-corrected chi connectivity index (χ2v) is 8.26. The van der Waals surface area contributed by atoms with Crippen molar-refractivity contribution in [2.75, 3.05) is 45.0 Å². The molecule has 2 saturated heterocycles. The number of hydrogen-bond acceptors (Lipinski definition) is 4. The molecule has 0 radical (unpaired) electrons. The molecule has 0 saturated carbocycles. The van der Waals surface area contributed by atoms with Crippen LogP contribution in [0, 0.1) is 5.41 Å². The van der Waals surface area contributed by atoms with Crippen molar-refractivity contribution in [2.45, 2.75) is 26.7 Å². The van der Waals surface area contributed by atoms with Crippen molar-refractivity contribution < 1.29 is 13.2 Å². The summed E-state index contributed by atoms with van der Waals surface area (Å²) in [5, 5.41) is 3.14. The number of hydrogen-bond donors (Lipinski definition) is 1. The molecule has 0 spiro atoms. The SMILES string of the molecule is CC(C)(CS(=O)(=O)N1CCNCC1)C(=O)N1CCCC1. The van der Waals surface area contributed by atoms with E-state index in [2.05, 4.69) is 5.32 Å². The molecule has 1 amide bonds. The van der Waals surface area contributed by atoms with Gasteiger partial charge in [-0.3, -0.25) is 4.79 Å². The lowest BCUT2D eigenvalue weighted by molar-refractivity contribution is -0.138. The molecule has 116 valence electrons. The van der Waals surface area contributed by atoms with Gasteiger partial charge in [-0.05, 0) is 26.7 Å². The van der Waals surface area contributed by atoms with Crippen molar-refractivity contribution in [3.63, 3.8) is 0 Å². The Hall–Kier alpha value is -0.660. The Morgan fingerprint density at radius 1 is 1.10 bits per heavy atom. The molecule has 2 aliphatic heterocycles. The van der Waals surface area contributed by atoms with Crippen LogP contribution in [0.15, 0.2) is 0 Å². The van der Waals surface area contributed by atoms with Crippen LogP contribution < -0.4 is 5.32 Å². The molecular formula is C13H25N3O3S. The summed E-state index contributed by atoms with van der Waals surface area (Å²) in [6, 6.07) is 0. The Labute approximate surface area is 121 Å². The smallest absolute Gasteiger partial charge is 0.229 e. The number of nitrogens with zero attached hydrogens (tertiary/aromatic N) is 2. The second-order valence-electron chi connectivity index (χ2n) is 6.29. The summed E-state index contributed by atoms with van der Waals surface area (Å²) < 4.78 is 26.4. The van der Waals surface area contributed by atoms with Gasteiger partial charge in [0.15, 0.2) is 0 Å². The first-order valence-corrected chi connectivity index (χ1v) is 8.92. The van der Waals surface area contributed by atoms with E-state index in [1.165, 1.54) is 4.31 Å². The first-order chi connectivity index (χ1) is 9.33. The minimum Gasteiger partial charge on any atom is -0.342 e.